The molecule has 0 nitrogen and oxygen atoms in total. The first kappa shape index (κ1) is 70.5. The smallest absolute Gasteiger partial charge is 0.0542 e. The van der Waals surface area contributed by atoms with Crippen LogP contribution in [-0.2, 0) is 76.2 Å². The maximum absolute atomic E-state index is 3.55. The molecule has 0 unspecified atom stereocenters. The quantitative estimate of drug-likeness (QED) is 0.154. The van der Waals surface area contributed by atoms with E-state index in [1.54, 1.807) is 0 Å². The zero-order chi connectivity index (χ0) is 57.1. The van der Waals surface area contributed by atoms with E-state index < -0.39 is 0 Å². The van der Waals surface area contributed by atoms with Crippen molar-refractivity contribution in [3.8, 4) is 55.6 Å². The molecule has 3 aliphatic rings. The molecular formula is C78H86Y2-4. The van der Waals surface area contributed by atoms with Crippen molar-refractivity contribution in [1.29, 1.82) is 0 Å². The van der Waals surface area contributed by atoms with E-state index in [4.69, 9.17) is 0 Å². The monoisotopic (exact) mass is 1200 g/mol. The van der Waals surface area contributed by atoms with Gasteiger partial charge in [-0.2, -0.15) is 72.8 Å². The summed E-state index contributed by atoms with van der Waals surface area (Å²) in [5.41, 5.74) is 22.2. The predicted molar refractivity (Wildman–Crippen MR) is 343 cm³/mol. The SMILES string of the molecule is CC.CC.CC.CC.CC.CC.CC.CC.[Y].[Y].[c-]1ccccc1-c1[c-]ccc2c1-c1ccccc1C2(c1ccccc1)c1ccccc1.[c-]1ccccc1-c1[c-]ccc2c1-c1ccccc1C21c2ccccc2-c2ccccc21. The molecule has 0 saturated carbocycles. The van der Waals surface area contributed by atoms with Crippen molar-refractivity contribution in [1.82, 2.24) is 0 Å². The minimum atomic E-state index is -0.368. The molecule has 2 radical (unpaired) electrons. The fourth-order valence-electron chi connectivity index (χ4n) is 11.0. The van der Waals surface area contributed by atoms with E-state index in [0.717, 1.165) is 22.3 Å². The molecule has 13 rings (SSSR count). The zero-order valence-electron chi connectivity index (χ0n) is 51.1. The molecule has 0 saturated heterocycles. The van der Waals surface area contributed by atoms with Gasteiger partial charge in [-0.1, -0.05) is 280 Å². The Kier molecular flexibility index (Phi) is 32.3. The summed E-state index contributed by atoms with van der Waals surface area (Å²) in [4.78, 5) is 0. The summed E-state index contributed by atoms with van der Waals surface area (Å²) >= 11 is 0. The minimum absolute atomic E-state index is 0. The summed E-state index contributed by atoms with van der Waals surface area (Å²) in [6, 6.07) is 96.3. The maximum Gasteiger partial charge on any atom is 0.0542 e. The summed E-state index contributed by atoms with van der Waals surface area (Å²) in [5.74, 6) is 0. The van der Waals surface area contributed by atoms with Crippen molar-refractivity contribution < 1.29 is 65.4 Å². The fourth-order valence-corrected chi connectivity index (χ4v) is 11.0. The molecule has 0 bridgehead atoms. The van der Waals surface area contributed by atoms with Crippen LogP contribution in [0.5, 0.6) is 0 Å². The van der Waals surface area contributed by atoms with Crippen LogP contribution in [-0.4, -0.2) is 0 Å². The Morgan fingerprint density at radius 2 is 0.500 bits per heavy atom. The summed E-state index contributed by atoms with van der Waals surface area (Å²) in [6.45, 7) is 32.0. The summed E-state index contributed by atoms with van der Waals surface area (Å²) < 4.78 is 0. The largest absolute Gasteiger partial charge is 0.226 e. The van der Waals surface area contributed by atoms with E-state index in [-0.39, 0.29) is 76.2 Å². The van der Waals surface area contributed by atoms with Crippen LogP contribution < -0.4 is 0 Å². The van der Waals surface area contributed by atoms with Crippen molar-refractivity contribution in [2.24, 2.45) is 0 Å². The van der Waals surface area contributed by atoms with Crippen LogP contribution in [0.1, 0.15) is 155 Å². The van der Waals surface area contributed by atoms with E-state index in [1.165, 1.54) is 77.9 Å². The van der Waals surface area contributed by atoms with Gasteiger partial charge in [-0.05, 0) is 44.5 Å². The second-order valence-corrected chi connectivity index (χ2v) is 16.2. The molecule has 2 heteroatoms. The average Bonchev–Trinajstić information content (AvgIpc) is 3.70. The number of benzene rings is 10. The number of rotatable bonds is 4. The van der Waals surface area contributed by atoms with E-state index >= 15 is 0 Å². The number of fused-ring (bicyclic) bond motifs is 13. The van der Waals surface area contributed by atoms with Gasteiger partial charge < -0.3 is 0 Å². The van der Waals surface area contributed by atoms with Gasteiger partial charge in [-0.3, -0.25) is 0 Å². The average molecular weight is 1200 g/mol. The first-order valence-corrected chi connectivity index (χ1v) is 29.4. The van der Waals surface area contributed by atoms with Gasteiger partial charge in [0.1, 0.15) is 0 Å². The van der Waals surface area contributed by atoms with Crippen LogP contribution in [0, 0.1) is 24.3 Å². The molecule has 80 heavy (non-hydrogen) atoms. The topological polar surface area (TPSA) is 0 Å². The van der Waals surface area contributed by atoms with Crippen molar-refractivity contribution >= 4 is 0 Å². The molecule has 3 aliphatic carbocycles. The molecule has 0 N–H and O–H groups in total. The third-order valence-corrected chi connectivity index (χ3v) is 13.3. The summed E-state index contributed by atoms with van der Waals surface area (Å²) in [5, 5.41) is 0. The molecule has 0 atom stereocenters. The van der Waals surface area contributed by atoms with Crippen molar-refractivity contribution in [3.05, 3.63) is 299 Å². The van der Waals surface area contributed by atoms with Crippen LogP contribution in [0.4, 0.5) is 0 Å². The van der Waals surface area contributed by atoms with Crippen LogP contribution in [0.3, 0.4) is 0 Å². The Hall–Kier alpha value is -5.59. The Bertz CT molecular complexity index is 3070. The van der Waals surface area contributed by atoms with Gasteiger partial charge in [0, 0.05) is 65.4 Å². The van der Waals surface area contributed by atoms with Crippen molar-refractivity contribution in [2.45, 2.75) is 122 Å². The molecule has 0 amide bonds. The van der Waals surface area contributed by atoms with Gasteiger partial charge in [-0.25, -0.2) is 22.3 Å². The van der Waals surface area contributed by atoms with E-state index in [1.807, 2.05) is 135 Å². The Morgan fingerprint density at radius 1 is 0.225 bits per heavy atom. The van der Waals surface area contributed by atoms with Crippen molar-refractivity contribution in [3.63, 3.8) is 0 Å². The standard InChI is InChI=1S/C31H18.C31H20.8C2H6.2Y/c1-2-11-21(12-3-1)22-16-10-20-29-30(22)25-15-6-9-19-28(25)31(29)26-17-7-4-13-23(26)24-14-5-8-18-27(24)31;1-4-13-23(14-5-1)26-20-12-22-29-30(26)27-19-10-11-21-28(27)31(29,24-15-6-2-7-16-24)25-17-8-3-9-18-25;8*1-2;;/h1-11,13-15,17-20H;1-13,15-19,21-22H;8*1-2H3;;/q2*-2;;;;;;;;;;. The Labute approximate surface area is 536 Å². The molecule has 10 aromatic carbocycles. The van der Waals surface area contributed by atoms with Gasteiger partial charge >= 0.3 is 0 Å². The van der Waals surface area contributed by atoms with Crippen LogP contribution in [0.15, 0.2) is 231 Å². The molecule has 1 spiro atoms. The second kappa shape index (κ2) is 36.7. The zero-order valence-corrected chi connectivity index (χ0v) is 56.8. The molecule has 0 aliphatic heterocycles. The number of hydrogen-bond donors (Lipinski definition) is 0. The van der Waals surface area contributed by atoms with Gasteiger partial charge in [-0.15, -0.1) is 46.5 Å². The molecule has 0 aromatic heterocycles. The van der Waals surface area contributed by atoms with Crippen molar-refractivity contribution in [2.75, 3.05) is 0 Å². The maximum atomic E-state index is 3.55. The van der Waals surface area contributed by atoms with Crippen LogP contribution in [0.2, 0.25) is 0 Å². The first-order chi connectivity index (χ1) is 38.8. The third-order valence-electron chi connectivity index (χ3n) is 13.3. The molecular weight excluding hydrogens is 1110 g/mol. The van der Waals surface area contributed by atoms with Gasteiger partial charge in [0.15, 0.2) is 0 Å². The van der Waals surface area contributed by atoms with Gasteiger partial charge in [0.2, 0.25) is 0 Å². The molecule has 408 valence electrons. The van der Waals surface area contributed by atoms with Gasteiger partial charge in [0.05, 0.1) is 10.8 Å². The summed E-state index contributed by atoms with van der Waals surface area (Å²) in [7, 11) is 0. The molecule has 0 fully saturated rings. The van der Waals surface area contributed by atoms with Crippen LogP contribution in [0.25, 0.3) is 55.6 Å². The Balaban J connectivity index is 0.000000430. The van der Waals surface area contributed by atoms with E-state index in [0.29, 0.717) is 0 Å². The second-order valence-electron chi connectivity index (χ2n) is 16.2. The summed E-state index contributed by atoms with van der Waals surface area (Å²) in [6.07, 6.45) is 0. The number of hydrogen-bond acceptors (Lipinski definition) is 0. The normalized spacial score (nSPS) is 11.2. The first-order valence-electron chi connectivity index (χ1n) is 29.4. The third kappa shape index (κ3) is 13.3. The van der Waals surface area contributed by atoms with E-state index in [2.05, 4.69) is 231 Å². The van der Waals surface area contributed by atoms with Crippen LogP contribution >= 0.6 is 0 Å². The van der Waals surface area contributed by atoms with Gasteiger partial charge in [0.25, 0.3) is 0 Å². The van der Waals surface area contributed by atoms with E-state index in [9.17, 15) is 0 Å². The Morgan fingerprint density at radius 3 is 0.838 bits per heavy atom. The molecule has 10 aromatic rings. The molecule has 0 heterocycles. The predicted octanol–water partition coefficient (Wildman–Crippen LogP) is 22.8. The minimum Gasteiger partial charge on any atom is -0.226 e. The fraction of sp³-hybridized carbons (Fsp3) is 0.231.